The first-order valence-corrected chi connectivity index (χ1v) is 7.83. The molecule has 0 aromatic heterocycles. The van der Waals surface area contributed by atoms with Crippen LogP contribution < -0.4 is 10.1 Å². The van der Waals surface area contributed by atoms with Crippen LogP contribution in [-0.4, -0.2) is 26.3 Å². The Kier molecular flexibility index (Phi) is 6.34. The molecule has 0 radical (unpaired) electrons. The van der Waals surface area contributed by atoms with Crippen LogP contribution in [0.4, 0.5) is 0 Å². The number of ether oxygens (including phenoxy) is 2. The quantitative estimate of drug-likeness (QED) is 0.824. The molecule has 0 bridgehead atoms. The van der Waals surface area contributed by atoms with Gasteiger partial charge in [0.1, 0.15) is 5.75 Å². The normalized spacial score (nSPS) is 17.9. The maximum Gasteiger partial charge on any atom is 0.119 e. The van der Waals surface area contributed by atoms with Crippen molar-refractivity contribution in [3.8, 4) is 5.75 Å². The molecule has 0 spiro atoms. The smallest absolute Gasteiger partial charge is 0.119 e. The average Bonchev–Trinajstić information content (AvgIpc) is 2.52. The Morgan fingerprint density at radius 2 is 2.05 bits per heavy atom. The van der Waals surface area contributed by atoms with E-state index in [0.29, 0.717) is 6.10 Å². The van der Waals surface area contributed by atoms with Crippen LogP contribution in [0.15, 0.2) is 24.3 Å². The lowest BCUT2D eigenvalue weighted by atomic mass is 9.97. The Morgan fingerprint density at radius 1 is 1.25 bits per heavy atom. The molecular weight excluding hydrogens is 250 g/mol. The molecule has 0 heterocycles. The molecule has 1 aliphatic carbocycles. The Bertz CT molecular complexity index is 388. The van der Waals surface area contributed by atoms with E-state index in [-0.39, 0.29) is 6.10 Å². The predicted octanol–water partition coefficient (Wildman–Crippen LogP) is 3.70. The van der Waals surface area contributed by atoms with Crippen LogP contribution in [0, 0.1) is 0 Å². The molecular formula is C17H27NO2. The third kappa shape index (κ3) is 4.50. The SMILES string of the molecule is CCNCC(OC1CCCCC1)c1cccc(OC)c1. The molecule has 1 saturated carbocycles. The number of rotatable bonds is 7. The minimum absolute atomic E-state index is 0.119. The van der Waals surface area contributed by atoms with Gasteiger partial charge in [-0.1, -0.05) is 38.3 Å². The summed E-state index contributed by atoms with van der Waals surface area (Å²) in [7, 11) is 1.71. The van der Waals surface area contributed by atoms with Crippen LogP contribution >= 0.6 is 0 Å². The second-order valence-corrected chi connectivity index (χ2v) is 5.47. The Labute approximate surface area is 122 Å². The van der Waals surface area contributed by atoms with E-state index in [2.05, 4.69) is 24.4 Å². The van der Waals surface area contributed by atoms with Gasteiger partial charge >= 0.3 is 0 Å². The summed E-state index contributed by atoms with van der Waals surface area (Å²) in [5, 5.41) is 3.41. The van der Waals surface area contributed by atoms with Gasteiger partial charge in [-0.3, -0.25) is 0 Å². The lowest BCUT2D eigenvalue weighted by Crippen LogP contribution is -2.28. The van der Waals surface area contributed by atoms with E-state index in [1.807, 2.05) is 12.1 Å². The Morgan fingerprint density at radius 3 is 2.75 bits per heavy atom. The average molecular weight is 277 g/mol. The lowest BCUT2D eigenvalue weighted by molar-refractivity contribution is -0.0304. The molecule has 1 unspecified atom stereocenters. The molecule has 112 valence electrons. The van der Waals surface area contributed by atoms with E-state index in [0.717, 1.165) is 18.8 Å². The molecule has 1 atom stereocenters. The first-order valence-electron chi connectivity index (χ1n) is 7.83. The van der Waals surface area contributed by atoms with E-state index in [4.69, 9.17) is 9.47 Å². The summed E-state index contributed by atoms with van der Waals surface area (Å²) in [6.45, 7) is 3.96. The van der Waals surface area contributed by atoms with Gasteiger partial charge in [0.05, 0.1) is 19.3 Å². The highest BCUT2D eigenvalue weighted by Crippen LogP contribution is 2.28. The first kappa shape index (κ1) is 15.3. The number of likely N-dealkylation sites (N-methyl/N-ethyl adjacent to an activating group) is 1. The summed E-state index contributed by atoms with van der Waals surface area (Å²) >= 11 is 0. The van der Waals surface area contributed by atoms with Crippen molar-refractivity contribution in [3.63, 3.8) is 0 Å². The molecule has 0 aliphatic heterocycles. The fourth-order valence-corrected chi connectivity index (χ4v) is 2.80. The molecule has 3 heteroatoms. The largest absolute Gasteiger partial charge is 0.497 e. The van der Waals surface area contributed by atoms with Gasteiger partial charge in [-0.05, 0) is 37.1 Å². The van der Waals surface area contributed by atoms with E-state index in [9.17, 15) is 0 Å². The van der Waals surface area contributed by atoms with E-state index in [1.165, 1.54) is 37.7 Å². The summed E-state index contributed by atoms with van der Waals surface area (Å²) in [5.74, 6) is 0.899. The fraction of sp³-hybridized carbons (Fsp3) is 0.647. The van der Waals surface area contributed by atoms with E-state index in [1.54, 1.807) is 7.11 Å². The molecule has 1 fully saturated rings. The van der Waals surface area contributed by atoms with Crippen molar-refractivity contribution in [2.45, 2.75) is 51.2 Å². The summed E-state index contributed by atoms with van der Waals surface area (Å²) < 4.78 is 11.7. The first-order chi connectivity index (χ1) is 9.83. The summed E-state index contributed by atoms with van der Waals surface area (Å²) in [6.07, 6.45) is 6.90. The van der Waals surface area contributed by atoms with Crippen molar-refractivity contribution in [1.82, 2.24) is 5.32 Å². The zero-order chi connectivity index (χ0) is 14.2. The topological polar surface area (TPSA) is 30.5 Å². The third-order valence-corrected chi connectivity index (χ3v) is 3.95. The maximum atomic E-state index is 6.36. The molecule has 0 amide bonds. The predicted molar refractivity (Wildman–Crippen MR) is 82.2 cm³/mol. The number of hydrogen-bond donors (Lipinski definition) is 1. The van der Waals surface area contributed by atoms with Gasteiger partial charge in [0, 0.05) is 6.54 Å². The van der Waals surface area contributed by atoms with Gasteiger partial charge < -0.3 is 14.8 Å². The second-order valence-electron chi connectivity index (χ2n) is 5.47. The number of hydrogen-bond acceptors (Lipinski definition) is 3. The monoisotopic (exact) mass is 277 g/mol. The molecule has 1 aliphatic rings. The van der Waals surface area contributed by atoms with Crippen molar-refractivity contribution in [3.05, 3.63) is 29.8 Å². The number of methoxy groups -OCH3 is 1. The van der Waals surface area contributed by atoms with Crippen LogP contribution in [0.1, 0.15) is 50.7 Å². The van der Waals surface area contributed by atoms with Gasteiger partial charge in [-0.25, -0.2) is 0 Å². The van der Waals surface area contributed by atoms with Crippen molar-refractivity contribution in [2.75, 3.05) is 20.2 Å². The van der Waals surface area contributed by atoms with Crippen molar-refractivity contribution in [1.29, 1.82) is 0 Å². The van der Waals surface area contributed by atoms with Crippen LogP contribution in [0.5, 0.6) is 5.75 Å². The number of benzene rings is 1. The van der Waals surface area contributed by atoms with Crippen LogP contribution in [-0.2, 0) is 4.74 Å². The summed E-state index contributed by atoms with van der Waals surface area (Å²) in [4.78, 5) is 0. The standard InChI is InChI=1S/C17H27NO2/c1-3-18-13-17(20-15-9-5-4-6-10-15)14-8-7-11-16(12-14)19-2/h7-8,11-12,15,17-18H,3-6,9-10,13H2,1-2H3. The molecule has 1 aromatic rings. The van der Waals surface area contributed by atoms with Gasteiger partial charge in [0.15, 0.2) is 0 Å². The van der Waals surface area contributed by atoms with Gasteiger partial charge in [0.25, 0.3) is 0 Å². The van der Waals surface area contributed by atoms with Crippen LogP contribution in [0.3, 0.4) is 0 Å². The minimum atomic E-state index is 0.119. The molecule has 1 N–H and O–H groups in total. The number of nitrogens with one attached hydrogen (secondary N) is 1. The molecule has 2 rings (SSSR count). The van der Waals surface area contributed by atoms with Crippen molar-refractivity contribution >= 4 is 0 Å². The van der Waals surface area contributed by atoms with Crippen molar-refractivity contribution < 1.29 is 9.47 Å². The Hall–Kier alpha value is -1.06. The molecule has 3 nitrogen and oxygen atoms in total. The fourth-order valence-electron chi connectivity index (χ4n) is 2.80. The second kappa shape index (κ2) is 8.28. The zero-order valence-corrected chi connectivity index (χ0v) is 12.7. The lowest BCUT2D eigenvalue weighted by Gasteiger charge is -2.28. The van der Waals surface area contributed by atoms with Crippen LogP contribution in [0.2, 0.25) is 0 Å². The third-order valence-electron chi connectivity index (χ3n) is 3.95. The minimum Gasteiger partial charge on any atom is -0.497 e. The van der Waals surface area contributed by atoms with Gasteiger partial charge in [-0.2, -0.15) is 0 Å². The molecule has 0 saturated heterocycles. The molecule has 20 heavy (non-hydrogen) atoms. The van der Waals surface area contributed by atoms with E-state index < -0.39 is 0 Å². The van der Waals surface area contributed by atoms with E-state index >= 15 is 0 Å². The van der Waals surface area contributed by atoms with Gasteiger partial charge in [-0.15, -0.1) is 0 Å². The van der Waals surface area contributed by atoms with Gasteiger partial charge in [0.2, 0.25) is 0 Å². The Balaban J connectivity index is 2.04. The van der Waals surface area contributed by atoms with Crippen LogP contribution in [0.25, 0.3) is 0 Å². The van der Waals surface area contributed by atoms with Crippen molar-refractivity contribution in [2.24, 2.45) is 0 Å². The summed E-state index contributed by atoms with van der Waals surface area (Å²) in [6, 6.07) is 8.24. The zero-order valence-electron chi connectivity index (χ0n) is 12.7. The highest BCUT2D eigenvalue weighted by atomic mass is 16.5. The summed E-state index contributed by atoms with van der Waals surface area (Å²) in [5.41, 5.74) is 1.20. The maximum absolute atomic E-state index is 6.36. The highest BCUT2D eigenvalue weighted by Gasteiger charge is 2.20. The molecule has 1 aromatic carbocycles. The highest BCUT2D eigenvalue weighted by molar-refractivity contribution is 5.30.